The van der Waals surface area contributed by atoms with Gasteiger partial charge in [-0.3, -0.25) is 9.59 Å². The number of hydrogen-bond acceptors (Lipinski definition) is 4. The van der Waals surface area contributed by atoms with Crippen molar-refractivity contribution in [3.8, 4) is 0 Å². The van der Waals surface area contributed by atoms with E-state index in [1.54, 1.807) is 32.0 Å². The van der Waals surface area contributed by atoms with Gasteiger partial charge in [-0.2, -0.15) is 0 Å². The van der Waals surface area contributed by atoms with Gasteiger partial charge in [-0.15, -0.1) is 0 Å². The summed E-state index contributed by atoms with van der Waals surface area (Å²) in [4.78, 5) is 24.2. The molecule has 3 rings (SSSR count). The van der Waals surface area contributed by atoms with Crippen LogP contribution in [0, 0.1) is 0 Å². The summed E-state index contributed by atoms with van der Waals surface area (Å²) in [6.07, 6.45) is 0.449. The molecule has 2 aliphatic heterocycles. The lowest BCUT2D eigenvalue weighted by atomic mass is 9.85. The largest absolute Gasteiger partial charge is 0.348 e. The third kappa shape index (κ3) is 2.49. The number of amides is 2. The minimum Gasteiger partial charge on any atom is -0.348 e. The molecule has 22 heavy (non-hydrogen) atoms. The number of sulfone groups is 1. The molecule has 2 amide bonds. The molecular formula is C15H18N2O4S. The molecule has 1 saturated heterocycles. The molecule has 2 heterocycles. The van der Waals surface area contributed by atoms with Gasteiger partial charge in [0, 0.05) is 17.3 Å². The lowest BCUT2D eigenvalue weighted by Crippen LogP contribution is -2.35. The molecule has 0 aliphatic carbocycles. The SMILES string of the molecule is CC1(C)C(=O)Nc2ccc(C(=O)NC3CCS(=O)(=O)C3)cc21. The van der Waals surface area contributed by atoms with Gasteiger partial charge in [-0.25, -0.2) is 8.42 Å². The topological polar surface area (TPSA) is 92.3 Å². The van der Waals surface area contributed by atoms with Crippen LogP contribution in [0.5, 0.6) is 0 Å². The fourth-order valence-corrected chi connectivity index (χ4v) is 4.56. The van der Waals surface area contributed by atoms with E-state index in [1.165, 1.54) is 0 Å². The summed E-state index contributed by atoms with van der Waals surface area (Å²) in [5.74, 6) is -0.287. The molecule has 0 spiro atoms. The Morgan fingerprint density at radius 3 is 2.73 bits per heavy atom. The molecule has 1 aromatic carbocycles. The van der Waals surface area contributed by atoms with E-state index in [1.807, 2.05) is 0 Å². The highest BCUT2D eigenvalue weighted by Crippen LogP contribution is 2.37. The summed E-state index contributed by atoms with van der Waals surface area (Å²) in [7, 11) is -3.03. The first-order chi connectivity index (χ1) is 10.2. The Hall–Kier alpha value is -1.89. The summed E-state index contributed by atoms with van der Waals surface area (Å²) >= 11 is 0. The zero-order chi connectivity index (χ0) is 16.1. The van der Waals surface area contributed by atoms with Gasteiger partial charge in [-0.1, -0.05) is 0 Å². The van der Waals surface area contributed by atoms with Gasteiger partial charge in [0.2, 0.25) is 5.91 Å². The zero-order valence-corrected chi connectivity index (χ0v) is 13.3. The number of benzene rings is 1. The van der Waals surface area contributed by atoms with Crippen LogP contribution < -0.4 is 10.6 Å². The second kappa shape index (κ2) is 4.81. The fraction of sp³-hybridized carbons (Fsp3) is 0.467. The molecule has 1 atom stereocenters. The van der Waals surface area contributed by atoms with E-state index in [-0.39, 0.29) is 29.4 Å². The third-order valence-electron chi connectivity index (χ3n) is 4.34. The maximum absolute atomic E-state index is 12.3. The molecule has 1 aromatic rings. The quantitative estimate of drug-likeness (QED) is 0.843. The predicted molar refractivity (Wildman–Crippen MR) is 82.6 cm³/mol. The average molecular weight is 322 g/mol. The molecule has 0 radical (unpaired) electrons. The minimum atomic E-state index is -3.03. The second-order valence-corrected chi connectivity index (χ2v) is 8.64. The predicted octanol–water partition coefficient (Wildman–Crippen LogP) is 0.833. The van der Waals surface area contributed by atoms with Gasteiger partial charge < -0.3 is 10.6 Å². The molecule has 0 aromatic heterocycles. The number of hydrogen-bond donors (Lipinski definition) is 2. The maximum atomic E-state index is 12.3. The van der Waals surface area contributed by atoms with Gasteiger partial charge in [0.15, 0.2) is 9.84 Å². The molecule has 2 aliphatic rings. The number of fused-ring (bicyclic) bond motifs is 1. The molecule has 0 bridgehead atoms. The van der Waals surface area contributed by atoms with Crippen LogP contribution in [-0.4, -0.2) is 37.8 Å². The van der Waals surface area contributed by atoms with Crippen molar-refractivity contribution in [3.63, 3.8) is 0 Å². The smallest absolute Gasteiger partial charge is 0.251 e. The molecule has 2 N–H and O–H groups in total. The van der Waals surface area contributed by atoms with Crippen molar-refractivity contribution in [1.82, 2.24) is 5.32 Å². The molecule has 118 valence electrons. The lowest BCUT2D eigenvalue weighted by molar-refractivity contribution is -0.119. The summed E-state index contributed by atoms with van der Waals surface area (Å²) < 4.78 is 22.9. The van der Waals surface area contributed by atoms with E-state index in [9.17, 15) is 18.0 Å². The van der Waals surface area contributed by atoms with Crippen LogP contribution in [0.2, 0.25) is 0 Å². The Kier molecular flexibility index (Phi) is 3.28. The van der Waals surface area contributed by atoms with Crippen LogP contribution >= 0.6 is 0 Å². The first kappa shape index (κ1) is 15.0. The van der Waals surface area contributed by atoms with Crippen LogP contribution in [-0.2, 0) is 20.0 Å². The summed E-state index contributed by atoms with van der Waals surface area (Å²) in [6.45, 7) is 3.61. The van der Waals surface area contributed by atoms with Gasteiger partial charge in [0.25, 0.3) is 5.91 Å². The third-order valence-corrected chi connectivity index (χ3v) is 6.11. The Bertz CT molecular complexity index is 768. The highest BCUT2D eigenvalue weighted by Gasteiger charge is 2.38. The van der Waals surface area contributed by atoms with E-state index >= 15 is 0 Å². The van der Waals surface area contributed by atoms with Crippen LogP contribution in [0.4, 0.5) is 5.69 Å². The van der Waals surface area contributed by atoms with E-state index in [4.69, 9.17) is 0 Å². The fourth-order valence-electron chi connectivity index (χ4n) is 2.89. The molecule has 1 fully saturated rings. The Morgan fingerprint density at radius 2 is 2.09 bits per heavy atom. The highest BCUT2D eigenvalue weighted by atomic mass is 32.2. The zero-order valence-electron chi connectivity index (χ0n) is 12.5. The first-order valence-electron chi connectivity index (χ1n) is 7.16. The van der Waals surface area contributed by atoms with Crippen molar-refractivity contribution in [2.45, 2.75) is 31.7 Å². The number of nitrogens with one attached hydrogen (secondary N) is 2. The number of carbonyl (C=O) groups excluding carboxylic acids is 2. The molecule has 1 unspecified atom stereocenters. The summed E-state index contributed by atoms with van der Waals surface area (Å²) in [5, 5.41) is 5.54. The molecular weight excluding hydrogens is 304 g/mol. The molecule has 7 heteroatoms. The van der Waals surface area contributed by atoms with Crippen molar-refractivity contribution < 1.29 is 18.0 Å². The monoisotopic (exact) mass is 322 g/mol. The van der Waals surface area contributed by atoms with Gasteiger partial charge >= 0.3 is 0 Å². The van der Waals surface area contributed by atoms with Gasteiger partial charge in [0.1, 0.15) is 0 Å². The van der Waals surface area contributed by atoms with E-state index in [0.29, 0.717) is 12.0 Å². The highest BCUT2D eigenvalue weighted by molar-refractivity contribution is 7.91. The Balaban J connectivity index is 1.81. The van der Waals surface area contributed by atoms with E-state index in [2.05, 4.69) is 10.6 Å². The van der Waals surface area contributed by atoms with Crippen molar-refractivity contribution in [2.24, 2.45) is 0 Å². The molecule has 6 nitrogen and oxygen atoms in total. The van der Waals surface area contributed by atoms with Crippen LogP contribution in [0.3, 0.4) is 0 Å². The number of anilines is 1. The van der Waals surface area contributed by atoms with Crippen LogP contribution in [0.25, 0.3) is 0 Å². The van der Waals surface area contributed by atoms with Crippen molar-refractivity contribution >= 4 is 27.3 Å². The Labute approximate surface area is 129 Å². The van der Waals surface area contributed by atoms with E-state index < -0.39 is 15.3 Å². The molecule has 0 saturated carbocycles. The summed E-state index contributed by atoms with van der Waals surface area (Å²) in [5.41, 5.74) is 1.26. The number of carbonyl (C=O) groups is 2. The van der Waals surface area contributed by atoms with E-state index in [0.717, 1.165) is 11.3 Å². The van der Waals surface area contributed by atoms with Crippen LogP contribution in [0.15, 0.2) is 18.2 Å². The lowest BCUT2D eigenvalue weighted by Gasteiger charge is -2.16. The Morgan fingerprint density at radius 1 is 1.36 bits per heavy atom. The summed E-state index contributed by atoms with van der Waals surface area (Å²) in [6, 6.07) is 4.71. The van der Waals surface area contributed by atoms with Crippen LogP contribution in [0.1, 0.15) is 36.2 Å². The van der Waals surface area contributed by atoms with Gasteiger partial charge in [-0.05, 0) is 44.0 Å². The normalized spacial score (nSPS) is 24.6. The standard InChI is InChI=1S/C15H18N2O4S/c1-15(2)11-7-9(3-4-12(11)17-14(15)19)13(18)16-10-5-6-22(20,21)8-10/h3-4,7,10H,5-6,8H2,1-2H3,(H,16,18)(H,17,19). The maximum Gasteiger partial charge on any atom is 0.251 e. The van der Waals surface area contributed by atoms with Crippen molar-refractivity contribution in [1.29, 1.82) is 0 Å². The average Bonchev–Trinajstić information content (AvgIpc) is 2.87. The van der Waals surface area contributed by atoms with Gasteiger partial charge in [0.05, 0.1) is 16.9 Å². The minimum absolute atomic E-state index is 0.00475. The van der Waals surface area contributed by atoms with Crippen molar-refractivity contribution in [2.75, 3.05) is 16.8 Å². The number of rotatable bonds is 2. The van der Waals surface area contributed by atoms with Crippen molar-refractivity contribution in [3.05, 3.63) is 29.3 Å². The second-order valence-electron chi connectivity index (χ2n) is 6.41. The first-order valence-corrected chi connectivity index (χ1v) is 8.98.